The van der Waals surface area contributed by atoms with E-state index < -0.39 is 0 Å². The lowest BCUT2D eigenvalue weighted by atomic mass is 9.96. The third-order valence-corrected chi connectivity index (χ3v) is 8.40. The Labute approximate surface area is 260 Å². The molecular weight excluding hydrogens is 560 g/mol. The minimum Gasteiger partial charge on any atom is -0.455 e. The number of halogens is 1. The molecule has 1 N–H and O–H groups in total. The van der Waals surface area contributed by atoms with Crippen LogP contribution in [0.1, 0.15) is 22.9 Å². The molecule has 1 aliphatic heterocycles. The number of nitrogens with zero attached hydrogens (tertiary/aromatic N) is 1. The van der Waals surface area contributed by atoms with Gasteiger partial charge in [0.2, 0.25) is 0 Å². The number of hydrogen-bond donors (Lipinski definition) is 1. The van der Waals surface area contributed by atoms with Crippen molar-refractivity contribution in [3.63, 3.8) is 0 Å². The van der Waals surface area contributed by atoms with Crippen molar-refractivity contribution in [1.29, 1.82) is 0 Å². The second kappa shape index (κ2) is 11.0. The Morgan fingerprint density at radius 3 is 2.14 bits per heavy atom. The van der Waals surface area contributed by atoms with Crippen molar-refractivity contribution in [2.45, 2.75) is 6.17 Å². The summed E-state index contributed by atoms with van der Waals surface area (Å²) in [4.78, 5) is 5.20. The third-order valence-electron chi connectivity index (χ3n) is 8.16. The molecule has 7 aromatic rings. The third kappa shape index (κ3) is 4.88. The molecule has 1 aliphatic rings. The Balaban J connectivity index is 1.24. The highest BCUT2D eigenvalue weighted by atomic mass is 35.5. The van der Waals surface area contributed by atoms with Gasteiger partial charge >= 0.3 is 0 Å². The molecule has 210 valence electrons. The van der Waals surface area contributed by atoms with Crippen molar-refractivity contribution in [3.05, 3.63) is 173 Å². The Kier molecular flexibility index (Phi) is 6.59. The fourth-order valence-corrected chi connectivity index (χ4v) is 6.21. The van der Waals surface area contributed by atoms with Crippen LogP contribution < -0.4 is 5.32 Å². The summed E-state index contributed by atoms with van der Waals surface area (Å²) in [6.07, 6.45) is 1.85. The summed E-state index contributed by atoms with van der Waals surface area (Å²) in [5.41, 5.74) is 11.3. The van der Waals surface area contributed by atoms with Gasteiger partial charge in [-0.3, -0.25) is 4.99 Å². The molecule has 1 unspecified atom stereocenters. The lowest BCUT2D eigenvalue weighted by molar-refractivity contribution is 0.664. The molecule has 1 atom stereocenters. The molecule has 0 bridgehead atoms. The predicted octanol–water partition coefficient (Wildman–Crippen LogP) is 10.7. The number of furan rings is 1. The fourth-order valence-electron chi connectivity index (χ4n) is 6.01. The van der Waals surface area contributed by atoms with E-state index in [1.54, 1.807) is 0 Å². The van der Waals surface area contributed by atoms with Gasteiger partial charge in [0.05, 0.1) is 5.71 Å². The molecule has 0 spiro atoms. The lowest BCUT2D eigenvalue weighted by Crippen LogP contribution is -2.24. The molecule has 6 aromatic carbocycles. The van der Waals surface area contributed by atoms with Crippen LogP contribution in [0.25, 0.3) is 49.9 Å². The van der Waals surface area contributed by atoms with Crippen molar-refractivity contribution >= 4 is 44.9 Å². The number of para-hydroxylation sites is 2. The fraction of sp³-hybridized carbons (Fsp3) is 0.0250. The van der Waals surface area contributed by atoms with Crippen LogP contribution in [0.2, 0.25) is 5.02 Å². The number of fused-ring (bicyclic) bond motifs is 3. The monoisotopic (exact) mass is 586 g/mol. The molecule has 0 saturated heterocycles. The Morgan fingerprint density at radius 2 is 1.25 bits per heavy atom. The number of allylic oxidation sites excluding steroid dienone is 1. The van der Waals surface area contributed by atoms with Gasteiger partial charge in [0.25, 0.3) is 0 Å². The average Bonchev–Trinajstić information content (AvgIpc) is 3.48. The summed E-state index contributed by atoms with van der Waals surface area (Å²) >= 11 is 6.43. The van der Waals surface area contributed by atoms with Gasteiger partial charge in [0.1, 0.15) is 17.3 Å². The van der Waals surface area contributed by atoms with Gasteiger partial charge in [-0.25, -0.2) is 0 Å². The highest BCUT2D eigenvalue weighted by Gasteiger charge is 2.21. The minimum atomic E-state index is -0.299. The number of hydrogen-bond acceptors (Lipinski definition) is 3. The van der Waals surface area contributed by atoms with E-state index in [1.165, 1.54) is 5.56 Å². The zero-order valence-electron chi connectivity index (χ0n) is 23.7. The van der Waals surface area contributed by atoms with Gasteiger partial charge in [-0.1, -0.05) is 127 Å². The van der Waals surface area contributed by atoms with Gasteiger partial charge in [-0.05, 0) is 64.2 Å². The molecular formula is C40H27ClN2O. The summed E-state index contributed by atoms with van der Waals surface area (Å²) in [6.45, 7) is 0. The van der Waals surface area contributed by atoms with Crippen LogP contribution in [0.4, 0.5) is 0 Å². The van der Waals surface area contributed by atoms with E-state index in [0.717, 1.165) is 66.7 Å². The number of nitrogens with one attached hydrogen (secondary N) is 1. The maximum atomic E-state index is 6.43. The zero-order valence-corrected chi connectivity index (χ0v) is 24.5. The first-order valence-electron chi connectivity index (χ1n) is 14.7. The van der Waals surface area contributed by atoms with E-state index >= 15 is 0 Å². The van der Waals surface area contributed by atoms with E-state index in [0.29, 0.717) is 5.02 Å². The van der Waals surface area contributed by atoms with Gasteiger partial charge in [-0.15, -0.1) is 0 Å². The van der Waals surface area contributed by atoms with Crippen molar-refractivity contribution < 1.29 is 4.42 Å². The van der Waals surface area contributed by atoms with Gasteiger partial charge in [-0.2, -0.15) is 0 Å². The number of aliphatic imine (C=N–C) groups is 1. The molecule has 44 heavy (non-hydrogen) atoms. The van der Waals surface area contributed by atoms with Gasteiger partial charge < -0.3 is 9.73 Å². The van der Waals surface area contributed by atoms with Crippen LogP contribution in [-0.2, 0) is 0 Å². The second-order valence-electron chi connectivity index (χ2n) is 11.0. The van der Waals surface area contributed by atoms with Crippen LogP contribution >= 0.6 is 11.6 Å². The second-order valence-corrected chi connectivity index (χ2v) is 11.4. The largest absolute Gasteiger partial charge is 0.455 e. The molecule has 0 saturated carbocycles. The first-order chi connectivity index (χ1) is 21.7. The SMILES string of the molecule is Clc1cccc(C2N=C(c3cccc(-c4cccc5c4oc4ccccc45)c3)C=C(c3cccc(-c4ccccc4)c3)N2)c1. The molecule has 0 aliphatic carbocycles. The van der Waals surface area contributed by atoms with E-state index in [1.807, 2.05) is 36.4 Å². The van der Waals surface area contributed by atoms with Crippen LogP contribution in [0, 0.1) is 0 Å². The van der Waals surface area contributed by atoms with Crippen molar-refractivity contribution in [2.24, 2.45) is 4.99 Å². The van der Waals surface area contributed by atoms with E-state index in [-0.39, 0.29) is 6.17 Å². The Bertz CT molecular complexity index is 2230. The summed E-state index contributed by atoms with van der Waals surface area (Å²) in [6, 6.07) is 50.1. The summed E-state index contributed by atoms with van der Waals surface area (Å²) in [7, 11) is 0. The van der Waals surface area contributed by atoms with Crippen molar-refractivity contribution in [1.82, 2.24) is 5.32 Å². The van der Waals surface area contributed by atoms with E-state index in [2.05, 4.69) is 121 Å². The average molecular weight is 587 g/mol. The smallest absolute Gasteiger partial charge is 0.145 e. The zero-order chi connectivity index (χ0) is 29.5. The molecule has 2 heterocycles. The first kappa shape index (κ1) is 26.3. The minimum absolute atomic E-state index is 0.299. The quantitative estimate of drug-likeness (QED) is 0.218. The maximum Gasteiger partial charge on any atom is 0.145 e. The molecule has 0 radical (unpaired) electrons. The number of benzene rings is 6. The van der Waals surface area contributed by atoms with Gasteiger partial charge in [0, 0.05) is 32.6 Å². The topological polar surface area (TPSA) is 37.5 Å². The van der Waals surface area contributed by atoms with Crippen molar-refractivity contribution in [3.8, 4) is 22.3 Å². The molecule has 4 heteroatoms. The van der Waals surface area contributed by atoms with Crippen molar-refractivity contribution in [2.75, 3.05) is 0 Å². The highest BCUT2D eigenvalue weighted by Crippen LogP contribution is 2.36. The maximum absolute atomic E-state index is 6.43. The first-order valence-corrected chi connectivity index (χ1v) is 15.1. The van der Waals surface area contributed by atoms with Gasteiger partial charge in [0.15, 0.2) is 0 Å². The molecule has 1 aromatic heterocycles. The standard InChI is InChI=1S/C40H27ClN2O/c41-32-17-8-16-31(24-32)40-42-36(29-14-6-12-27(22-29)26-10-2-1-3-11-26)25-37(43-40)30-15-7-13-28(23-30)33-19-9-20-35-34-18-4-5-21-38(34)44-39(33)35/h1-25,40,42H. The molecule has 0 fully saturated rings. The molecule has 0 amide bonds. The normalized spacial score (nSPS) is 14.7. The highest BCUT2D eigenvalue weighted by molar-refractivity contribution is 6.30. The predicted molar refractivity (Wildman–Crippen MR) is 183 cm³/mol. The molecule has 3 nitrogen and oxygen atoms in total. The van der Waals surface area contributed by atoms with Crippen LogP contribution in [-0.4, -0.2) is 5.71 Å². The van der Waals surface area contributed by atoms with E-state index in [4.69, 9.17) is 21.0 Å². The van der Waals surface area contributed by atoms with Crippen LogP contribution in [0.3, 0.4) is 0 Å². The summed E-state index contributed by atoms with van der Waals surface area (Å²) in [5, 5.41) is 6.60. The van der Waals surface area contributed by atoms with Crippen LogP contribution in [0.5, 0.6) is 0 Å². The lowest BCUT2D eigenvalue weighted by Gasteiger charge is -2.25. The Morgan fingerprint density at radius 1 is 0.568 bits per heavy atom. The van der Waals surface area contributed by atoms with E-state index in [9.17, 15) is 0 Å². The summed E-state index contributed by atoms with van der Waals surface area (Å²) < 4.78 is 6.37. The summed E-state index contributed by atoms with van der Waals surface area (Å²) in [5.74, 6) is 0. The van der Waals surface area contributed by atoms with Crippen LogP contribution in [0.15, 0.2) is 161 Å². The molecule has 8 rings (SSSR count). The Hall–Kier alpha value is -5.38. The number of rotatable bonds is 5.